The standard InChI is InChI=1S/C11H14F2N2/c12-8-2-1-3-9(13)10(8)11(14)4-6-15-7-5-11/h1-3,15H,4-7,14H2. The summed E-state index contributed by atoms with van der Waals surface area (Å²) in [5.41, 5.74) is 5.24. The summed E-state index contributed by atoms with van der Waals surface area (Å²) in [5.74, 6) is -1.08. The number of piperidine rings is 1. The average Bonchev–Trinajstić information content (AvgIpc) is 2.18. The van der Waals surface area contributed by atoms with Gasteiger partial charge in [0.1, 0.15) is 11.6 Å². The molecule has 1 aliphatic heterocycles. The fourth-order valence-electron chi connectivity index (χ4n) is 2.10. The maximum absolute atomic E-state index is 13.5. The summed E-state index contributed by atoms with van der Waals surface area (Å²) >= 11 is 0. The van der Waals surface area contributed by atoms with Crippen LogP contribution in [0, 0.1) is 11.6 Å². The lowest BCUT2D eigenvalue weighted by Gasteiger charge is -2.34. The zero-order valence-electron chi connectivity index (χ0n) is 8.39. The van der Waals surface area contributed by atoms with Crippen molar-refractivity contribution < 1.29 is 8.78 Å². The lowest BCUT2D eigenvalue weighted by atomic mass is 9.82. The van der Waals surface area contributed by atoms with Crippen molar-refractivity contribution in [3.05, 3.63) is 35.4 Å². The van der Waals surface area contributed by atoms with E-state index in [1.807, 2.05) is 0 Å². The van der Waals surface area contributed by atoms with Gasteiger partial charge in [-0.15, -0.1) is 0 Å². The van der Waals surface area contributed by atoms with Crippen LogP contribution in [-0.4, -0.2) is 13.1 Å². The molecule has 1 fully saturated rings. The fourth-order valence-corrected chi connectivity index (χ4v) is 2.10. The molecule has 0 radical (unpaired) electrons. The zero-order valence-corrected chi connectivity index (χ0v) is 8.39. The van der Waals surface area contributed by atoms with Crippen LogP contribution in [0.1, 0.15) is 18.4 Å². The Bertz CT molecular complexity index is 339. The molecular formula is C11H14F2N2. The van der Waals surface area contributed by atoms with Gasteiger partial charge >= 0.3 is 0 Å². The molecule has 0 atom stereocenters. The van der Waals surface area contributed by atoms with Crippen LogP contribution >= 0.6 is 0 Å². The first kappa shape index (κ1) is 10.5. The normalized spacial score (nSPS) is 20.2. The largest absolute Gasteiger partial charge is 0.321 e. The van der Waals surface area contributed by atoms with Crippen LogP contribution in [0.15, 0.2) is 18.2 Å². The van der Waals surface area contributed by atoms with Crippen molar-refractivity contribution in [3.63, 3.8) is 0 Å². The minimum absolute atomic E-state index is 0.0338. The predicted octanol–water partition coefficient (Wildman–Crippen LogP) is 1.50. The highest BCUT2D eigenvalue weighted by atomic mass is 19.1. The number of hydrogen-bond acceptors (Lipinski definition) is 2. The maximum Gasteiger partial charge on any atom is 0.131 e. The Labute approximate surface area is 87.5 Å². The maximum atomic E-state index is 13.5. The van der Waals surface area contributed by atoms with E-state index in [1.54, 1.807) is 0 Å². The van der Waals surface area contributed by atoms with E-state index in [2.05, 4.69) is 5.32 Å². The van der Waals surface area contributed by atoms with Gasteiger partial charge in [-0.1, -0.05) is 6.07 Å². The van der Waals surface area contributed by atoms with Gasteiger partial charge in [-0.05, 0) is 38.1 Å². The summed E-state index contributed by atoms with van der Waals surface area (Å²) in [4.78, 5) is 0. The third kappa shape index (κ3) is 1.87. The molecule has 1 aliphatic rings. The van der Waals surface area contributed by atoms with E-state index in [1.165, 1.54) is 18.2 Å². The Kier molecular flexibility index (Phi) is 2.71. The second-order valence-electron chi connectivity index (χ2n) is 4.00. The molecule has 0 aromatic heterocycles. The van der Waals surface area contributed by atoms with Crippen molar-refractivity contribution in [2.45, 2.75) is 18.4 Å². The van der Waals surface area contributed by atoms with Crippen molar-refractivity contribution in [1.29, 1.82) is 0 Å². The lowest BCUT2D eigenvalue weighted by Crippen LogP contribution is -2.47. The van der Waals surface area contributed by atoms with Crippen molar-refractivity contribution in [2.75, 3.05) is 13.1 Å². The minimum Gasteiger partial charge on any atom is -0.321 e. The Morgan fingerprint density at radius 3 is 2.20 bits per heavy atom. The highest BCUT2D eigenvalue weighted by Gasteiger charge is 2.34. The van der Waals surface area contributed by atoms with E-state index in [-0.39, 0.29) is 5.56 Å². The van der Waals surface area contributed by atoms with Gasteiger partial charge in [0.15, 0.2) is 0 Å². The van der Waals surface area contributed by atoms with Gasteiger partial charge in [0, 0.05) is 11.1 Å². The van der Waals surface area contributed by atoms with Gasteiger partial charge in [0.05, 0.1) is 0 Å². The van der Waals surface area contributed by atoms with E-state index in [0.29, 0.717) is 25.9 Å². The molecule has 0 amide bonds. The van der Waals surface area contributed by atoms with E-state index < -0.39 is 17.2 Å². The van der Waals surface area contributed by atoms with Gasteiger partial charge in [0.25, 0.3) is 0 Å². The Balaban J connectivity index is 2.42. The van der Waals surface area contributed by atoms with Gasteiger partial charge in [-0.2, -0.15) is 0 Å². The molecule has 0 saturated carbocycles. The Hall–Kier alpha value is -1.00. The van der Waals surface area contributed by atoms with Crippen LogP contribution in [0.2, 0.25) is 0 Å². The molecule has 2 rings (SSSR count). The minimum atomic E-state index is -0.860. The van der Waals surface area contributed by atoms with Crippen LogP contribution in [0.3, 0.4) is 0 Å². The van der Waals surface area contributed by atoms with Crippen LogP contribution in [-0.2, 0) is 5.54 Å². The molecule has 2 nitrogen and oxygen atoms in total. The number of benzene rings is 1. The van der Waals surface area contributed by atoms with Gasteiger partial charge in [0.2, 0.25) is 0 Å². The van der Waals surface area contributed by atoms with Crippen molar-refractivity contribution in [3.8, 4) is 0 Å². The zero-order chi connectivity index (χ0) is 10.9. The molecule has 15 heavy (non-hydrogen) atoms. The molecule has 1 aromatic carbocycles. The number of hydrogen-bond donors (Lipinski definition) is 2. The van der Waals surface area contributed by atoms with Gasteiger partial charge < -0.3 is 11.1 Å². The molecule has 1 aromatic rings. The first-order chi connectivity index (χ1) is 7.13. The van der Waals surface area contributed by atoms with Crippen molar-refractivity contribution >= 4 is 0 Å². The molecule has 3 N–H and O–H groups in total. The average molecular weight is 212 g/mol. The SMILES string of the molecule is NC1(c2c(F)cccc2F)CCNCC1. The molecular weight excluding hydrogens is 198 g/mol. The molecule has 0 unspecified atom stereocenters. The van der Waals surface area contributed by atoms with E-state index in [9.17, 15) is 8.78 Å². The van der Waals surface area contributed by atoms with Crippen LogP contribution in [0.5, 0.6) is 0 Å². The number of nitrogens with one attached hydrogen (secondary N) is 1. The topological polar surface area (TPSA) is 38.0 Å². The second-order valence-corrected chi connectivity index (χ2v) is 4.00. The first-order valence-electron chi connectivity index (χ1n) is 5.07. The summed E-state index contributed by atoms with van der Waals surface area (Å²) in [5, 5.41) is 3.12. The molecule has 4 heteroatoms. The number of halogens is 2. The summed E-state index contributed by atoms with van der Waals surface area (Å²) in [6, 6.07) is 3.88. The molecule has 1 saturated heterocycles. The second kappa shape index (κ2) is 3.87. The van der Waals surface area contributed by atoms with Crippen LogP contribution < -0.4 is 11.1 Å². The summed E-state index contributed by atoms with van der Waals surface area (Å²) in [6.07, 6.45) is 1.12. The van der Waals surface area contributed by atoms with Crippen LogP contribution in [0.25, 0.3) is 0 Å². The molecule has 1 heterocycles. The van der Waals surface area contributed by atoms with Crippen molar-refractivity contribution in [1.82, 2.24) is 5.32 Å². The predicted molar refractivity (Wildman–Crippen MR) is 54.3 cm³/mol. The van der Waals surface area contributed by atoms with Crippen molar-refractivity contribution in [2.24, 2.45) is 5.73 Å². The quantitative estimate of drug-likeness (QED) is 0.740. The third-order valence-corrected chi connectivity index (χ3v) is 2.96. The number of rotatable bonds is 1. The fraction of sp³-hybridized carbons (Fsp3) is 0.455. The molecule has 0 spiro atoms. The highest BCUT2D eigenvalue weighted by Crippen LogP contribution is 2.31. The molecule has 0 bridgehead atoms. The summed E-state index contributed by atoms with van der Waals surface area (Å²) in [6.45, 7) is 1.40. The van der Waals surface area contributed by atoms with E-state index >= 15 is 0 Å². The molecule has 0 aliphatic carbocycles. The Morgan fingerprint density at radius 1 is 1.13 bits per heavy atom. The monoisotopic (exact) mass is 212 g/mol. The Morgan fingerprint density at radius 2 is 1.67 bits per heavy atom. The third-order valence-electron chi connectivity index (χ3n) is 2.96. The molecule has 82 valence electrons. The smallest absolute Gasteiger partial charge is 0.131 e. The highest BCUT2D eigenvalue weighted by molar-refractivity contribution is 5.28. The lowest BCUT2D eigenvalue weighted by molar-refractivity contribution is 0.296. The van der Waals surface area contributed by atoms with Gasteiger partial charge in [-0.3, -0.25) is 0 Å². The van der Waals surface area contributed by atoms with E-state index in [4.69, 9.17) is 5.73 Å². The first-order valence-corrected chi connectivity index (χ1v) is 5.07. The van der Waals surface area contributed by atoms with E-state index in [0.717, 1.165) is 0 Å². The summed E-state index contributed by atoms with van der Waals surface area (Å²) in [7, 11) is 0. The van der Waals surface area contributed by atoms with Gasteiger partial charge in [-0.25, -0.2) is 8.78 Å². The van der Waals surface area contributed by atoms with Crippen LogP contribution in [0.4, 0.5) is 8.78 Å². The number of nitrogens with two attached hydrogens (primary N) is 1. The summed E-state index contributed by atoms with van der Waals surface area (Å²) < 4.78 is 27.1.